The van der Waals surface area contributed by atoms with Crippen molar-refractivity contribution in [2.75, 3.05) is 6.54 Å². The topological polar surface area (TPSA) is 364 Å². The second-order valence-corrected chi connectivity index (χ2v) is 16.0. The number of primary amides is 1. The van der Waals surface area contributed by atoms with Crippen molar-refractivity contribution in [3.05, 3.63) is 90.1 Å². The number of carbonyl (C=O) groups excluding carboxylic acids is 7. The van der Waals surface area contributed by atoms with Gasteiger partial charge in [0.15, 0.2) is 5.96 Å². The van der Waals surface area contributed by atoms with Gasteiger partial charge in [0.05, 0.1) is 6.33 Å². The number of nitrogens with zero attached hydrogens (tertiary/aromatic N) is 2. The monoisotopic (exact) mass is 927 g/mol. The number of para-hydroxylation sites is 1. The van der Waals surface area contributed by atoms with E-state index in [1.807, 2.05) is 31.2 Å². The number of carbonyl (C=O) groups is 8. The molecule has 2 aromatic carbocycles. The van der Waals surface area contributed by atoms with Crippen molar-refractivity contribution in [2.45, 2.75) is 114 Å². The smallest absolute Gasteiger partial charge is 0.303 e. The van der Waals surface area contributed by atoms with Gasteiger partial charge in [0, 0.05) is 68.1 Å². The van der Waals surface area contributed by atoms with Crippen LogP contribution in [-0.2, 0) is 57.6 Å². The lowest BCUT2D eigenvalue weighted by Gasteiger charge is -2.27. The fourth-order valence-electron chi connectivity index (χ4n) is 7.22. The first kappa shape index (κ1) is 51.9. The van der Waals surface area contributed by atoms with Crippen LogP contribution in [0, 0.1) is 0 Å². The number of imidazole rings is 1. The lowest BCUT2D eigenvalue weighted by Crippen LogP contribution is -2.60. The van der Waals surface area contributed by atoms with Crippen molar-refractivity contribution in [2.24, 2.45) is 22.2 Å². The molecule has 2 heterocycles. The maximum Gasteiger partial charge on any atom is 0.303 e. The van der Waals surface area contributed by atoms with Crippen LogP contribution in [-0.4, -0.2) is 116 Å². The Bertz CT molecular complexity index is 2330. The Balaban J connectivity index is 1.62. The number of unbranched alkanes of at least 4 members (excludes halogenated alkanes) is 1. The number of rotatable bonds is 28. The van der Waals surface area contributed by atoms with E-state index in [1.165, 1.54) is 19.4 Å². The highest BCUT2D eigenvalue weighted by Gasteiger charge is 2.34. The summed E-state index contributed by atoms with van der Waals surface area (Å²) in [4.78, 5) is 121. The number of guanidine groups is 1. The van der Waals surface area contributed by atoms with Gasteiger partial charge in [-0.25, -0.2) is 4.98 Å². The predicted molar refractivity (Wildman–Crippen MR) is 247 cm³/mol. The second kappa shape index (κ2) is 26.2. The van der Waals surface area contributed by atoms with Gasteiger partial charge in [-0.2, -0.15) is 0 Å². The highest BCUT2D eigenvalue weighted by atomic mass is 16.4. The molecule has 0 radical (unpaired) electrons. The van der Waals surface area contributed by atoms with E-state index < -0.39 is 90.0 Å². The summed E-state index contributed by atoms with van der Waals surface area (Å²) in [5.41, 5.74) is 19.4. The molecule has 6 atom stereocenters. The van der Waals surface area contributed by atoms with E-state index >= 15 is 0 Å². The first-order valence-electron chi connectivity index (χ1n) is 22.0. The molecule has 4 rings (SSSR count). The lowest BCUT2D eigenvalue weighted by molar-refractivity contribution is -0.138. The Kier molecular flexibility index (Phi) is 20.3. The zero-order valence-electron chi connectivity index (χ0n) is 37.5. The minimum Gasteiger partial charge on any atom is -0.481 e. The van der Waals surface area contributed by atoms with Crippen molar-refractivity contribution in [3.63, 3.8) is 0 Å². The van der Waals surface area contributed by atoms with Gasteiger partial charge in [-0.05, 0) is 42.9 Å². The van der Waals surface area contributed by atoms with Gasteiger partial charge in [-0.3, -0.25) is 43.3 Å². The SMILES string of the molecule is CCCC[C@H](NC(C)=O)C(=O)N[C@@H](CCC(=O)O)C(=O)N[C@@H](Cc1cnc[nH]1)C(=O)N[C@H](Cc1ccccc1)C(=O)N[C@@H](CCCN=C(N)N)C(=O)N[C@H](Cc1c[nH]c2ccccc12)C(N)=O. The van der Waals surface area contributed by atoms with Crippen LogP contribution in [0.4, 0.5) is 0 Å². The molecule has 0 spiro atoms. The third-order valence-corrected chi connectivity index (χ3v) is 10.7. The number of aliphatic carboxylic acids is 1. The van der Waals surface area contributed by atoms with Gasteiger partial charge < -0.3 is 64.2 Å². The molecule has 2 aromatic heterocycles. The van der Waals surface area contributed by atoms with Gasteiger partial charge in [-0.1, -0.05) is 68.3 Å². The second-order valence-electron chi connectivity index (χ2n) is 16.0. The molecule has 0 bridgehead atoms. The van der Waals surface area contributed by atoms with Crippen molar-refractivity contribution in [1.29, 1.82) is 0 Å². The molecule has 0 aliphatic carbocycles. The number of carboxylic acids is 1. The molecule has 360 valence electrons. The van der Waals surface area contributed by atoms with Crippen molar-refractivity contribution < 1.29 is 43.5 Å². The van der Waals surface area contributed by atoms with E-state index in [2.05, 4.69) is 51.8 Å². The predicted octanol–water partition coefficient (Wildman–Crippen LogP) is -0.559. The quantitative estimate of drug-likeness (QED) is 0.0194. The van der Waals surface area contributed by atoms with E-state index in [4.69, 9.17) is 17.2 Å². The number of nitrogens with two attached hydrogens (primary N) is 3. The first-order valence-corrected chi connectivity index (χ1v) is 22.0. The number of nitrogens with one attached hydrogen (secondary N) is 8. The highest BCUT2D eigenvalue weighted by molar-refractivity contribution is 5.97. The van der Waals surface area contributed by atoms with Crippen LogP contribution in [0.5, 0.6) is 0 Å². The van der Waals surface area contributed by atoms with E-state index in [0.29, 0.717) is 29.7 Å². The molecule has 4 aromatic rings. The van der Waals surface area contributed by atoms with E-state index in [-0.39, 0.29) is 57.5 Å². The summed E-state index contributed by atoms with van der Waals surface area (Å²) < 4.78 is 0. The number of amides is 7. The zero-order chi connectivity index (χ0) is 48.9. The molecule has 0 fully saturated rings. The summed E-state index contributed by atoms with van der Waals surface area (Å²) in [7, 11) is 0. The number of aromatic nitrogens is 3. The maximum absolute atomic E-state index is 14.4. The summed E-state index contributed by atoms with van der Waals surface area (Å²) in [5, 5.41) is 26.1. The first-order chi connectivity index (χ1) is 32.0. The molecular formula is C45H61N13O9. The summed E-state index contributed by atoms with van der Waals surface area (Å²) in [5.74, 6) is -6.79. The lowest BCUT2D eigenvalue weighted by atomic mass is 10.0. The molecular weight excluding hydrogens is 867 g/mol. The summed E-state index contributed by atoms with van der Waals surface area (Å²) >= 11 is 0. The standard InChI is InChI=1S/C45H61N13O9/c1-3-4-14-32(53-26(2)59)40(63)55-34(17-18-38(60)61)42(65)58-37(22-29-24-49-25-52-29)44(67)57-36(20-27-11-6-5-7-12-27)43(66)54-33(16-10-19-50-45(47)48)41(64)56-35(39(46)62)21-28-23-51-31-15-9-8-13-30(28)31/h5-9,11-13,15,23-25,32-37,51H,3-4,10,14,16-22H2,1-2H3,(H2,46,62)(H,49,52)(H,53,59)(H,54,66)(H,55,63)(H,56,64)(H,57,67)(H,58,65)(H,60,61)(H4,47,48,50)/t32-,33-,34-,35+,36+,37-/m0/s1. The van der Waals surface area contributed by atoms with Crippen LogP contribution in [0.2, 0.25) is 0 Å². The number of hydrogen-bond acceptors (Lipinski definition) is 10. The Morgan fingerprint density at radius 3 is 1.79 bits per heavy atom. The number of benzene rings is 2. The molecule has 0 saturated heterocycles. The molecule has 0 saturated carbocycles. The summed E-state index contributed by atoms with van der Waals surface area (Å²) in [6.45, 7) is 3.23. The largest absolute Gasteiger partial charge is 0.481 e. The van der Waals surface area contributed by atoms with Crippen LogP contribution in [0.25, 0.3) is 10.9 Å². The summed E-state index contributed by atoms with van der Waals surface area (Å²) in [6, 6.07) is 8.30. The van der Waals surface area contributed by atoms with Gasteiger partial charge in [0.1, 0.15) is 36.3 Å². The number of carboxylic acid groups (broad SMARTS) is 1. The molecule has 7 amide bonds. The average Bonchev–Trinajstić information content (AvgIpc) is 3.96. The van der Waals surface area contributed by atoms with Crippen molar-refractivity contribution in [3.8, 4) is 0 Å². The van der Waals surface area contributed by atoms with Crippen molar-refractivity contribution >= 4 is 64.2 Å². The van der Waals surface area contributed by atoms with E-state index in [9.17, 15) is 43.5 Å². The Morgan fingerprint density at radius 2 is 1.21 bits per heavy atom. The molecule has 0 unspecified atom stereocenters. The number of fused-ring (bicyclic) bond motifs is 1. The fourth-order valence-corrected chi connectivity index (χ4v) is 7.22. The van der Waals surface area contributed by atoms with Crippen LogP contribution in [0.15, 0.2) is 78.3 Å². The minimum atomic E-state index is -1.46. The normalized spacial score (nSPS) is 13.6. The molecule has 67 heavy (non-hydrogen) atoms. The number of H-pyrrole nitrogens is 2. The van der Waals surface area contributed by atoms with Gasteiger partial charge in [0.25, 0.3) is 0 Å². The summed E-state index contributed by atoms with van der Waals surface area (Å²) in [6.07, 6.45) is 5.06. The third kappa shape index (κ3) is 17.3. The number of aliphatic imine (C=N–C) groups is 1. The Morgan fingerprint density at radius 1 is 0.657 bits per heavy atom. The number of hydrogen-bond donors (Lipinski definition) is 12. The maximum atomic E-state index is 14.4. The van der Waals surface area contributed by atoms with Crippen LogP contribution < -0.4 is 49.1 Å². The minimum absolute atomic E-state index is 0.0118. The zero-order valence-corrected chi connectivity index (χ0v) is 37.5. The Labute approximate surface area is 386 Å². The molecule has 0 aliphatic rings. The van der Waals surface area contributed by atoms with Crippen LogP contribution in [0.1, 0.15) is 75.6 Å². The van der Waals surface area contributed by atoms with Crippen molar-refractivity contribution in [1.82, 2.24) is 46.9 Å². The third-order valence-electron chi connectivity index (χ3n) is 10.7. The molecule has 15 N–H and O–H groups in total. The van der Waals surface area contributed by atoms with E-state index in [1.54, 1.807) is 36.5 Å². The Hall–Kier alpha value is -7.78. The molecule has 22 nitrogen and oxygen atoms in total. The van der Waals surface area contributed by atoms with Gasteiger partial charge in [-0.15, -0.1) is 0 Å². The average molecular weight is 928 g/mol. The van der Waals surface area contributed by atoms with E-state index in [0.717, 1.165) is 10.9 Å². The number of aromatic amines is 2. The molecule has 0 aliphatic heterocycles. The van der Waals surface area contributed by atoms with Crippen LogP contribution >= 0.6 is 0 Å². The fraction of sp³-hybridized carbons (Fsp3) is 0.422. The highest BCUT2D eigenvalue weighted by Crippen LogP contribution is 2.19. The molecule has 22 heteroatoms. The van der Waals surface area contributed by atoms with Gasteiger partial charge >= 0.3 is 5.97 Å². The van der Waals surface area contributed by atoms with Gasteiger partial charge in [0.2, 0.25) is 41.4 Å². The van der Waals surface area contributed by atoms with Crippen LogP contribution in [0.3, 0.4) is 0 Å².